The average Bonchev–Trinajstić information content (AvgIpc) is 2.40. The van der Waals surface area contributed by atoms with Gasteiger partial charge in [-0.25, -0.2) is 0 Å². The summed E-state index contributed by atoms with van der Waals surface area (Å²) in [6.45, 7) is 1.87. The smallest absolute Gasteiger partial charge is 0.327 e. The number of primary amides is 1. The molecule has 0 radical (unpaired) electrons. The molecule has 0 spiro atoms. The number of esters is 2. The van der Waals surface area contributed by atoms with E-state index in [1.54, 1.807) is 6.92 Å². The van der Waals surface area contributed by atoms with Gasteiger partial charge in [0.2, 0.25) is 5.91 Å². The summed E-state index contributed by atoms with van der Waals surface area (Å²) in [5.41, 5.74) is 10.3. The van der Waals surface area contributed by atoms with E-state index in [0.717, 1.165) is 6.92 Å². The van der Waals surface area contributed by atoms with Crippen LogP contribution in [0.25, 0.3) is 0 Å². The molecule has 24 heavy (non-hydrogen) atoms. The van der Waals surface area contributed by atoms with Crippen LogP contribution in [0.15, 0.2) is 0 Å². The molecular weight excluding hydrogens is 324 g/mol. The van der Waals surface area contributed by atoms with Gasteiger partial charge in [0.25, 0.3) is 0 Å². The maximum Gasteiger partial charge on any atom is 0.327 e. The summed E-state index contributed by atoms with van der Waals surface area (Å²) >= 11 is 0. The fourth-order valence-corrected chi connectivity index (χ4v) is 1.94. The van der Waals surface area contributed by atoms with Crippen molar-refractivity contribution in [2.75, 3.05) is 39.6 Å². The Hall–Kier alpha value is -2.08. The number of carbonyl (C=O) groups is 4. The highest BCUT2D eigenvalue weighted by Gasteiger charge is 2.23. The molecule has 0 aromatic rings. The fourth-order valence-electron chi connectivity index (χ4n) is 1.94. The zero-order valence-electron chi connectivity index (χ0n) is 13.8. The first-order chi connectivity index (χ1) is 11.1. The van der Waals surface area contributed by atoms with E-state index < -0.39 is 36.4 Å². The van der Waals surface area contributed by atoms with Gasteiger partial charge in [-0.2, -0.15) is 0 Å². The Kier molecular flexibility index (Phi) is 10.5. The van der Waals surface area contributed by atoms with Gasteiger partial charge in [0, 0.05) is 19.5 Å². The molecular formula is C13H24N4O7. The predicted molar refractivity (Wildman–Crippen MR) is 81.2 cm³/mol. The number of ether oxygens (including phenoxy) is 2. The highest BCUT2D eigenvalue weighted by molar-refractivity contribution is 5.85. The summed E-state index contributed by atoms with van der Waals surface area (Å²) in [5.74, 6) is -3.32. The van der Waals surface area contributed by atoms with E-state index >= 15 is 0 Å². The van der Waals surface area contributed by atoms with E-state index in [1.165, 1.54) is 9.80 Å². The van der Waals surface area contributed by atoms with E-state index in [4.69, 9.17) is 21.3 Å². The van der Waals surface area contributed by atoms with E-state index in [2.05, 4.69) is 4.74 Å². The topological polar surface area (TPSA) is 165 Å². The molecule has 0 aliphatic carbocycles. The number of hydrogen-bond donors (Lipinski definition) is 3. The predicted octanol–water partition coefficient (Wildman–Crippen LogP) is -2.47. The van der Waals surface area contributed by atoms with Gasteiger partial charge in [0.1, 0.15) is 6.73 Å². The molecule has 138 valence electrons. The summed E-state index contributed by atoms with van der Waals surface area (Å²) in [7, 11) is 0. The quantitative estimate of drug-likeness (QED) is 0.195. The molecule has 11 heteroatoms. The van der Waals surface area contributed by atoms with Gasteiger partial charge < -0.3 is 26.0 Å². The number of amides is 1. The molecule has 0 rings (SSSR count). The lowest BCUT2D eigenvalue weighted by Gasteiger charge is -2.31. The van der Waals surface area contributed by atoms with Crippen LogP contribution in [0.3, 0.4) is 0 Å². The van der Waals surface area contributed by atoms with Crippen molar-refractivity contribution in [3.63, 3.8) is 0 Å². The molecule has 0 fully saturated rings. The molecule has 5 N–H and O–H groups in total. The molecule has 0 aliphatic heterocycles. The fraction of sp³-hybridized carbons (Fsp3) is 0.692. The summed E-state index contributed by atoms with van der Waals surface area (Å²) in [5, 5.41) is 8.87. The van der Waals surface area contributed by atoms with E-state index in [0.29, 0.717) is 0 Å². The number of carboxylic acid groups (broad SMARTS) is 1. The van der Waals surface area contributed by atoms with Crippen molar-refractivity contribution in [3.8, 4) is 0 Å². The Morgan fingerprint density at radius 2 is 1.79 bits per heavy atom. The third-order valence-electron chi connectivity index (χ3n) is 2.85. The van der Waals surface area contributed by atoms with Gasteiger partial charge in [-0.15, -0.1) is 0 Å². The minimum Gasteiger partial charge on any atom is -0.480 e. The first-order valence-electron chi connectivity index (χ1n) is 7.11. The Morgan fingerprint density at radius 3 is 2.25 bits per heavy atom. The van der Waals surface area contributed by atoms with Crippen molar-refractivity contribution in [3.05, 3.63) is 0 Å². The number of carbonyl (C=O) groups excluding carboxylic acids is 3. The van der Waals surface area contributed by atoms with Gasteiger partial charge in [-0.05, 0) is 6.92 Å². The van der Waals surface area contributed by atoms with Crippen molar-refractivity contribution in [2.24, 2.45) is 11.5 Å². The zero-order chi connectivity index (χ0) is 18.7. The van der Waals surface area contributed by atoms with Crippen molar-refractivity contribution < 1.29 is 33.8 Å². The lowest BCUT2D eigenvalue weighted by molar-refractivity contribution is -0.160. The van der Waals surface area contributed by atoms with Crippen LogP contribution in [0.5, 0.6) is 0 Å². The second-order valence-electron chi connectivity index (χ2n) is 5.09. The lowest BCUT2D eigenvalue weighted by Crippen LogP contribution is -2.48. The third-order valence-corrected chi connectivity index (χ3v) is 2.85. The maximum atomic E-state index is 11.6. The first kappa shape index (κ1) is 21.9. The SMILES string of the molecule is CC(=O)OC(=O)CN(COCN)[C@@H](C)CN(CC(N)=O)CC(=O)O. The Bertz CT molecular complexity index is 442. The Balaban J connectivity index is 4.87. The van der Waals surface area contributed by atoms with Crippen LogP contribution < -0.4 is 11.5 Å². The standard InChI is InChI=1S/C13H24N4O7/c1-9(3-16(4-11(15)19)5-12(20)21)17(8-23-7-14)6-13(22)24-10(2)18/h9H,3-8,14H2,1-2H3,(H2,15,19)(H,20,21)/t9-/m0/s1. The van der Waals surface area contributed by atoms with Crippen LogP contribution in [-0.2, 0) is 28.7 Å². The van der Waals surface area contributed by atoms with Crippen molar-refractivity contribution in [1.82, 2.24) is 9.80 Å². The normalized spacial score (nSPS) is 12.2. The molecule has 0 saturated heterocycles. The summed E-state index contributed by atoms with van der Waals surface area (Å²) in [6, 6.07) is -0.408. The highest BCUT2D eigenvalue weighted by atomic mass is 16.6. The summed E-state index contributed by atoms with van der Waals surface area (Å²) in [6.07, 6.45) is 0. The van der Waals surface area contributed by atoms with Crippen LogP contribution in [0.1, 0.15) is 13.8 Å². The second kappa shape index (κ2) is 11.5. The molecule has 11 nitrogen and oxygen atoms in total. The van der Waals surface area contributed by atoms with Gasteiger partial charge in [-0.1, -0.05) is 0 Å². The maximum absolute atomic E-state index is 11.6. The van der Waals surface area contributed by atoms with Crippen molar-refractivity contribution in [2.45, 2.75) is 19.9 Å². The van der Waals surface area contributed by atoms with Gasteiger partial charge in [0.15, 0.2) is 0 Å². The van der Waals surface area contributed by atoms with Crippen LogP contribution >= 0.6 is 0 Å². The largest absolute Gasteiger partial charge is 0.480 e. The van der Waals surface area contributed by atoms with E-state index in [1.807, 2.05) is 0 Å². The zero-order valence-corrected chi connectivity index (χ0v) is 13.8. The van der Waals surface area contributed by atoms with E-state index in [9.17, 15) is 19.2 Å². The lowest BCUT2D eigenvalue weighted by atomic mass is 10.2. The number of nitrogens with zero attached hydrogens (tertiary/aromatic N) is 2. The number of nitrogens with two attached hydrogens (primary N) is 2. The number of hydrogen-bond acceptors (Lipinski definition) is 9. The Morgan fingerprint density at radius 1 is 1.17 bits per heavy atom. The van der Waals surface area contributed by atoms with Crippen LogP contribution in [0.2, 0.25) is 0 Å². The molecule has 0 unspecified atom stereocenters. The monoisotopic (exact) mass is 348 g/mol. The van der Waals surface area contributed by atoms with Gasteiger partial charge >= 0.3 is 17.9 Å². The van der Waals surface area contributed by atoms with Crippen LogP contribution in [0.4, 0.5) is 0 Å². The highest BCUT2D eigenvalue weighted by Crippen LogP contribution is 2.04. The first-order valence-corrected chi connectivity index (χ1v) is 7.11. The molecule has 0 saturated carbocycles. The average molecular weight is 348 g/mol. The van der Waals surface area contributed by atoms with Gasteiger partial charge in [0.05, 0.1) is 26.4 Å². The molecule has 0 aliphatic rings. The Labute approximate surface area is 139 Å². The minimum atomic E-state index is -1.12. The van der Waals surface area contributed by atoms with Gasteiger partial charge in [-0.3, -0.25) is 29.0 Å². The molecule has 0 heterocycles. The van der Waals surface area contributed by atoms with E-state index in [-0.39, 0.29) is 33.1 Å². The molecule has 0 aromatic carbocycles. The third kappa shape index (κ3) is 10.6. The molecule has 0 bridgehead atoms. The van der Waals surface area contributed by atoms with Crippen molar-refractivity contribution in [1.29, 1.82) is 0 Å². The minimum absolute atomic E-state index is 0.0395. The summed E-state index contributed by atoms with van der Waals surface area (Å²) in [4.78, 5) is 47.1. The number of carboxylic acids is 1. The molecule has 1 atom stereocenters. The molecule has 1 amide bonds. The second-order valence-corrected chi connectivity index (χ2v) is 5.09. The summed E-state index contributed by atoms with van der Waals surface area (Å²) < 4.78 is 9.51. The van der Waals surface area contributed by atoms with Crippen molar-refractivity contribution >= 4 is 23.8 Å². The number of rotatable bonds is 12. The van der Waals surface area contributed by atoms with Crippen LogP contribution in [-0.4, -0.2) is 84.4 Å². The molecule has 0 aromatic heterocycles. The number of aliphatic carboxylic acids is 1. The van der Waals surface area contributed by atoms with Crippen LogP contribution in [0, 0.1) is 0 Å².